The number of aromatic nitrogens is 1. The minimum atomic E-state index is -0.0237. The van der Waals surface area contributed by atoms with Crippen molar-refractivity contribution in [1.29, 1.82) is 0 Å². The van der Waals surface area contributed by atoms with Crippen LogP contribution < -0.4 is 5.32 Å². The summed E-state index contributed by atoms with van der Waals surface area (Å²) in [4.78, 5) is 20.9. The summed E-state index contributed by atoms with van der Waals surface area (Å²) in [5.41, 5.74) is 4.15. The first-order valence-corrected chi connectivity index (χ1v) is 12.6. The lowest BCUT2D eigenvalue weighted by atomic mass is 10.1. The molecule has 1 amide bonds. The highest BCUT2D eigenvalue weighted by atomic mass is 35.5. The van der Waals surface area contributed by atoms with Crippen molar-refractivity contribution in [2.24, 2.45) is 0 Å². The second-order valence-corrected chi connectivity index (χ2v) is 10.0. The van der Waals surface area contributed by atoms with Gasteiger partial charge in [-0.1, -0.05) is 41.9 Å². The van der Waals surface area contributed by atoms with E-state index in [9.17, 15) is 4.79 Å². The third-order valence-electron chi connectivity index (χ3n) is 5.56. The number of ether oxygens (including phenoxy) is 1. The van der Waals surface area contributed by atoms with E-state index in [1.165, 1.54) is 5.56 Å². The lowest BCUT2D eigenvalue weighted by Crippen LogP contribution is -2.37. The number of hydrogen-bond donors (Lipinski definition) is 1. The van der Waals surface area contributed by atoms with Crippen LogP contribution in [0.4, 0.5) is 0 Å². The number of nitrogens with one attached hydrogen (secondary N) is 1. The molecule has 2 aromatic carbocycles. The van der Waals surface area contributed by atoms with E-state index in [2.05, 4.69) is 34.5 Å². The highest BCUT2D eigenvalue weighted by molar-refractivity contribution is 7.18. The first-order chi connectivity index (χ1) is 16.0. The molecule has 1 aromatic heterocycles. The van der Waals surface area contributed by atoms with Gasteiger partial charge in [0.15, 0.2) is 0 Å². The van der Waals surface area contributed by atoms with Crippen LogP contribution in [0.2, 0.25) is 5.02 Å². The Hall–Kier alpha value is -2.25. The van der Waals surface area contributed by atoms with Crippen molar-refractivity contribution >= 4 is 28.8 Å². The lowest BCUT2D eigenvalue weighted by Gasteiger charge is -2.26. The Labute approximate surface area is 204 Å². The molecule has 33 heavy (non-hydrogen) atoms. The van der Waals surface area contributed by atoms with E-state index >= 15 is 0 Å². The molecule has 0 atom stereocenters. The van der Waals surface area contributed by atoms with Crippen LogP contribution in [0.15, 0.2) is 48.5 Å². The smallest absolute Gasteiger partial charge is 0.226 e. The molecule has 2 heterocycles. The van der Waals surface area contributed by atoms with E-state index < -0.39 is 0 Å². The fourth-order valence-electron chi connectivity index (χ4n) is 3.95. The third kappa shape index (κ3) is 6.64. The summed E-state index contributed by atoms with van der Waals surface area (Å²) < 4.78 is 5.45. The second kappa shape index (κ2) is 11.3. The van der Waals surface area contributed by atoms with Gasteiger partial charge in [-0.25, -0.2) is 4.98 Å². The SMILES string of the molecule is CC(C)NC(=O)Cc1nc(-c2cccc(CCN3CCOCC3)c2)sc1-c1cccc(Cl)c1. The maximum Gasteiger partial charge on any atom is 0.226 e. The van der Waals surface area contributed by atoms with Crippen molar-refractivity contribution in [3.8, 4) is 21.0 Å². The van der Waals surface area contributed by atoms with Crippen LogP contribution in [-0.4, -0.2) is 54.7 Å². The second-order valence-electron chi connectivity index (χ2n) is 8.61. The van der Waals surface area contributed by atoms with Crippen molar-refractivity contribution in [3.05, 3.63) is 64.8 Å². The van der Waals surface area contributed by atoms with Crippen LogP contribution in [-0.2, 0) is 22.4 Å². The molecule has 0 radical (unpaired) electrons. The number of morpholine rings is 1. The van der Waals surface area contributed by atoms with Gasteiger partial charge in [0, 0.05) is 36.3 Å². The minimum Gasteiger partial charge on any atom is -0.379 e. The van der Waals surface area contributed by atoms with Crippen molar-refractivity contribution in [1.82, 2.24) is 15.2 Å². The summed E-state index contributed by atoms with van der Waals surface area (Å²) in [7, 11) is 0. The largest absolute Gasteiger partial charge is 0.379 e. The van der Waals surface area contributed by atoms with Gasteiger partial charge < -0.3 is 10.1 Å². The van der Waals surface area contributed by atoms with E-state index in [1.807, 2.05) is 38.1 Å². The highest BCUT2D eigenvalue weighted by Crippen LogP contribution is 2.37. The predicted molar refractivity (Wildman–Crippen MR) is 136 cm³/mol. The Bertz CT molecular complexity index is 1090. The van der Waals surface area contributed by atoms with Crippen molar-refractivity contribution in [3.63, 3.8) is 0 Å². The zero-order valence-corrected chi connectivity index (χ0v) is 20.7. The van der Waals surface area contributed by atoms with E-state index in [-0.39, 0.29) is 18.4 Å². The van der Waals surface area contributed by atoms with E-state index in [4.69, 9.17) is 21.3 Å². The first kappa shape index (κ1) is 23.9. The molecule has 4 rings (SSSR count). The summed E-state index contributed by atoms with van der Waals surface area (Å²) >= 11 is 7.87. The van der Waals surface area contributed by atoms with Gasteiger partial charge in [0.1, 0.15) is 5.01 Å². The third-order valence-corrected chi connectivity index (χ3v) is 6.99. The number of rotatable bonds is 8. The number of benzene rings is 2. The molecular weight excluding hydrogens is 454 g/mol. The standard InChI is InChI=1S/C26H30ClN3O2S/c1-18(2)28-24(31)17-23-25(20-6-4-8-22(27)16-20)33-26(29-23)21-7-3-5-19(15-21)9-10-30-11-13-32-14-12-30/h3-8,15-16,18H,9-14,17H2,1-2H3,(H,28,31). The van der Waals surface area contributed by atoms with Crippen molar-refractivity contribution < 1.29 is 9.53 Å². The normalized spacial score (nSPS) is 14.5. The maximum atomic E-state index is 12.5. The van der Waals surface area contributed by atoms with Crippen molar-refractivity contribution in [2.45, 2.75) is 32.7 Å². The van der Waals surface area contributed by atoms with Gasteiger partial charge in [-0.15, -0.1) is 11.3 Å². The lowest BCUT2D eigenvalue weighted by molar-refractivity contribution is -0.120. The maximum absolute atomic E-state index is 12.5. The van der Waals surface area contributed by atoms with E-state index in [1.54, 1.807) is 11.3 Å². The van der Waals surface area contributed by atoms with Crippen LogP contribution in [0.25, 0.3) is 21.0 Å². The Morgan fingerprint density at radius 1 is 1.15 bits per heavy atom. The van der Waals surface area contributed by atoms with Gasteiger partial charge in [-0.3, -0.25) is 9.69 Å². The molecule has 0 bridgehead atoms. The molecule has 174 valence electrons. The summed E-state index contributed by atoms with van der Waals surface area (Å²) in [6.07, 6.45) is 1.23. The Balaban J connectivity index is 1.59. The molecule has 1 N–H and O–H groups in total. The van der Waals surface area contributed by atoms with Gasteiger partial charge in [0.05, 0.1) is 30.2 Å². The van der Waals surface area contributed by atoms with Gasteiger partial charge in [-0.05, 0) is 49.6 Å². The Morgan fingerprint density at radius 2 is 1.91 bits per heavy atom. The number of hydrogen-bond acceptors (Lipinski definition) is 5. The molecule has 0 spiro atoms. The molecule has 0 saturated carbocycles. The molecule has 3 aromatic rings. The van der Waals surface area contributed by atoms with Crippen LogP contribution in [0.1, 0.15) is 25.1 Å². The quantitative estimate of drug-likeness (QED) is 0.486. The number of carbonyl (C=O) groups is 1. The Morgan fingerprint density at radius 3 is 2.67 bits per heavy atom. The molecule has 1 saturated heterocycles. The monoisotopic (exact) mass is 483 g/mol. The molecule has 7 heteroatoms. The van der Waals surface area contributed by atoms with E-state index in [0.29, 0.717) is 5.02 Å². The average Bonchev–Trinajstić information content (AvgIpc) is 3.22. The van der Waals surface area contributed by atoms with Crippen LogP contribution >= 0.6 is 22.9 Å². The van der Waals surface area contributed by atoms with E-state index in [0.717, 1.165) is 66.0 Å². The summed E-state index contributed by atoms with van der Waals surface area (Å²) in [6.45, 7) is 8.58. The zero-order valence-electron chi connectivity index (χ0n) is 19.1. The summed E-state index contributed by atoms with van der Waals surface area (Å²) in [5, 5.41) is 4.57. The predicted octanol–water partition coefficient (Wildman–Crippen LogP) is 5.07. The van der Waals surface area contributed by atoms with Crippen LogP contribution in [0.5, 0.6) is 0 Å². The summed E-state index contributed by atoms with van der Waals surface area (Å²) in [5.74, 6) is -0.0237. The number of thiazole rings is 1. The Kier molecular flexibility index (Phi) is 8.15. The molecule has 1 fully saturated rings. The zero-order chi connectivity index (χ0) is 23.2. The first-order valence-electron chi connectivity index (χ1n) is 11.4. The van der Waals surface area contributed by atoms with Gasteiger partial charge in [-0.2, -0.15) is 0 Å². The molecule has 1 aliphatic heterocycles. The number of nitrogens with zero attached hydrogens (tertiary/aromatic N) is 2. The minimum absolute atomic E-state index is 0.0237. The molecular formula is C26H30ClN3O2S. The number of amides is 1. The highest BCUT2D eigenvalue weighted by Gasteiger charge is 2.18. The van der Waals surface area contributed by atoms with Crippen LogP contribution in [0, 0.1) is 0 Å². The molecule has 0 unspecified atom stereocenters. The van der Waals surface area contributed by atoms with Crippen molar-refractivity contribution in [2.75, 3.05) is 32.8 Å². The fourth-order valence-corrected chi connectivity index (χ4v) is 5.21. The van der Waals surface area contributed by atoms with Gasteiger partial charge in [0.2, 0.25) is 5.91 Å². The number of halogens is 1. The molecule has 1 aliphatic rings. The summed E-state index contributed by atoms with van der Waals surface area (Å²) in [6, 6.07) is 16.4. The van der Waals surface area contributed by atoms with Gasteiger partial charge >= 0.3 is 0 Å². The topological polar surface area (TPSA) is 54.5 Å². The average molecular weight is 484 g/mol. The van der Waals surface area contributed by atoms with Gasteiger partial charge in [0.25, 0.3) is 0 Å². The molecule has 0 aliphatic carbocycles. The fraction of sp³-hybridized carbons (Fsp3) is 0.385. The number of carbonyl (C=O) groups excluding carboxylic acids is 1. The van der Waals surface area contributed by atoms with Crippen LogP contribution in [0.3, 0.4) is 0 Å². The molecule has 5 nitrogen and oxygen atoms in total.